The van der Waals surface area contributed by atoms with Gasteiger partial charge in [-0.3, -0.25) is 4.79 Å². The zero-order valence-corrected chi connectivity index (χ0v) is 15.6. The van der Waals surface area contributed by atoms with E-state index in [1.807, 2.05) is 0 Å². The molecule has 5 nitrogen and oxygen atoms in total. The van der Waals surface area contributed by atoms with Gasteiger partial charge in [-0.15, -0.1) is 0 Å². The Morgan fingerprint density at radius 1 is 1.08 bits per heavy atom. The first kappa shape index (κ1) is 19.4. The number of halogens is 3. The van der Waals surface area contributed by atoms with Crippen molar-refractivity contribution in [2.75, 3.05) is 19.0 Å². The molecule has 2 aromatic carbocycles. The second-order valence-electron chi connectivity index (χ2n) is 5.05. The van der Waals surface area contributed by atoms with Crippen LogP contribution in [-0.4, -0.2) is 25.6 Å². The largest absolute Gasteiger partial charge is 0.495 e. The Hall–Kier alpha value is -1.95. The molecule has 132 valence electrons. The molecule has 25 heavy (non-hydrogen) atoms. The third-order valence-corrected chi connectivity index (χ3v) is 4.20. The molecule has 0 atom stereocenters. The molecule has 0 heterocycles. The summed E-state index contributed by atoms with van der Waals surface area (Å²) in [5, 5.41) is 3.66. The number of amides is 1. The van der Waals surface area contributed by atoms with Gasteiger partial charge in [0.2, 0.25) is 0 Å². The molecule has 0 fully saturated rings. The highest BCUT2D eigenvalue weighted by Crippen LogP contribution is 2.30. The predicted octanol–water partition coefficient (Wildman–Crippen LogP) is 4.76. The van der Waals surface area contributed by atoms with E-state index in [9.17, 15) is 9.59 Å². The van der Waals surface area contributed by atoms with E-state index in [1.165, 1.54) is 25.3 Å². The minimum Gasteiger partial charge on any atom is -0.495 e. The van der Waals surface area contributed by atoms with Crippen molar-refractivity contribution in [2.45, 2.75) is 6.92 Å². The van der Waals surface area contributed by atoms with Crippen LogP contribution < -0.4 is 10.1 Å². The SMILES string of the molecule is COc1cc(Cl)c(C)cc1NC(=O)COC(=O)c1ccc(Cl)cc1Cl. The molecule has 1 amide bonds. The summed E-state index contributed by atoms with van der Waals surface area (Å²) >= 11 is 17.7. The van der Waals surface area contributed by atoms with Gasteiger partial charge in [0, 0.05) is 16.1 Å². The van der Waals surface area contributed by atoms with Crippen molar-refractivity contribution < 1.29 is 19.1 Å². The van der Waals surface area contributed by atoms with E-state index in [-0.39, 0.29) is 10.6 Å². The van der Waals surface area contributed by atoms with Crippen molar-refractivity contribution in [1.82, 2.24) is 0 Å². The fourth-order valence-electron chi connectivity index (χ4n) is 1.98. The summed E-state index contributed by atoms with van der Waals surface area (Å²) in [5.41, 5.74) is 1.32. The molecule has 2 aromatic rings. The van der Waals surface area contributed by atoms with Crippen molar-refractivity contribution in [1.29, 1.82) is 0 Å². The molecule has 8 heteroatoms. The number of hydrogen-bond acceptors (Lipinski definition) is 4. The van der Waals surface area contributed by atoms with Crippen LogP contribution in [0, 0.1) is 6.92 Å². The average molecular weight is 403 g/mol. The highest BCUT2D eigenvalue weighted by Gasteiger charge is 2.15. The average Bonchev–Trinajstić information content (AvgIpc) is 2.55. The van der Waals surface area contributed by atoms with E-state index in [4.69, 9.17) is 44.3 Å². The van der Waals surface area contributed by atoms with Crippen molar-refractivity contribution >= 4 is 52.4 Å². The van der Waals surface area contributed by atoms with Crippen molar-refractivity contribution in [3.05, 3.63) is 56.5 Å². The Labute approximate surface area is 159 Å². The molecular formula is C17H14Cl3NO4. The molecule has 0 radical (unpaired) electrons. The van der Waals surface area contributed by atoms with Gasteiger partial charge >= 0.3 is 5.97 Å². The lowest BCUT2D eigenvalue weighted by Gasteiger charge is -2.12. The highest BCUT2D eigenvalue weighted by atomic mass is 35.5. The van der Waals surface area contributed by atoms with Crippen LogP contribution in [0.3, 0.4) is 0 Å². The number of rotatable bonds is 5. The van der Waals surface area contributed by atoms with Gasteiger partial charge in [-0.1, -0.05) is 34.8 Å². The lowest BCUT2D eigenvalue weighted by atomic mass is 10.2. The van der Waals surface area contributed by atoms with Crippen LogP contribution in [0.2, 0.25) is 15.1 Å². The summed E-state index contributed by atoms with van der Waals surface area (Å²) < 4.78 is 10.1. The van der Waals surface area contributed by atoms with Crippen LogP contribution in [0.15, 0.2) is 30.3 Å². The van der Waals surface area contributed by atoms with Crippen LogP contribution in [0.4, 0.5) is 5.69 Å². The molecule has 1 N–H and O–H groups in total. The zero-order valence-electron chi connectivity index (χ0n) is 13.4. The van der Waals surface area contributed by atoms with Crippen molar-refractivity contribution in [3.63, 3.8) is 0 Å². The fraction of sp³-hybridized carbons (Fsp3) is 0.176. The van der Waals surface area contributed by atoms with Crippen molar-refractivity contribution in [3.8, 4) is 5.75 Å². The second kappa shape index (κ2) is 8.43. The number of methoxy groups -OCH3 is 1. The minimum absolute atomic E-state index is 0.124. The summed E-state index contributed by atoms with van der Waals surface area (Å²) in [6.45, 7) is 1.31. The molecule has 0 aliphatic heterocycles. The van der Waals surface area contributed by atoms with Crippen LogP contribution in [0.5, 0.6) is 5.75 Å². The fourth-order valence-corrected chi connectivity index (χ4v) is 2.62. The van der Waals surface area contributed by atoms with Crippen LogP contribution in [0.25, 0.3) is 0 Å². The standard InChI is InChI=1S/C17H14Cl3NO4/c1-9-5-14(15(24-2)7-12(9)19)21-16(22)8-25-17(23)11-4-3-10(18)6-13(11)20/h3-7H,8H2,1-2H3,(H,21,22). The summed E-state index contributed by atoms with van der Waals surface area (Å²) in [6, 6.07) is 7.60. The van der Waals surface area contributed by atoms with Gasteiger partial charge in [-0.25, -0.2) is 4.79 Å². The Balaban J connectivity index is 2.01. The van der Waals surface area contributed by atoms with Gasteiger partial charge in [-0.05, 0) is 36.8 Å². The summed E-state index contributed by atoms with van der Waals surface area (Å²) in [6.07, 6.45) is 0. The van der Waals surface area contributed by atoms with Crippen molar-refractivity contribution in [2.24, 2.45) is 0 Å². The van der Waals surface area contributed by atoms with E-state index in [0.717, 1.165) is 5.56 Å². The van der Waals surface area contributed by atoms with E-state index in [0.29, 0.717) is 21.5 Å². The second-order valence-corrected chi connectivity index (χ2v) is 6.30. The third kappa shape index (κ3) is 5.01. The van der Waals surface area contributed by atoms with E-state index in [1.54, 1.807) is 19.1 Å². The van der Waals surface area contributed by atoms with E-state index < -0.39 is 18.5 Å². The highest BCUT2D eigenvalue weighted by molar-refractivity contribution is 6.36. The summed E-state index contributed by atoms with van der Waals surface area (Å²) in [4.78, 5) is 24.0. The topological polar surface area (TPSA) is 64.6 Å². The van der Waals surface area contributed by atoms with Crippen LogP contribution >= 0.6 is 34.8 Å². The molecule has 0 aromatic heterocycles. The molecule has 0 bridgehead atoms. The lowest BCUT2D eigenvalue weighted by Crippen LogP contribution is -2.21. The Kier molecular flexibility index (Phi) is 6.53. The number of nitrogens with one attached hydrogen (secondary N) is 1. The first-order valence-corrected chi connectivity index (χ1v) is 8.21. The zero-order chi connectivity index (χ0) is 18.6. The number of ether oxygens (including phenoxy) is 2. The Bertz CT molecular complexity index is 824. The number of aryl methyl sites for hydroxylation is 1. The molecule has 0 saturated carbocycles. The first-order chi connectivity index (χ1) is 11.8. The third-order valence-electron chi connectivity index (χ3n) is 3.24. The number of esters is 1. The van der Waals surface area contributed by atoms with Gasteiger partial charge in [0.05, 0.1) is 23.4 Å². The number of benzene rings is 2. The number of anilines is 1. The molecule has 0 aliphatic carbocycles. The summed E-state index contributed by atoms with van der Waals surface area (Å²) in [7, 11) is 1.46. The first-order valence-electron chi connectivity index (χ1n) is 7.08. The molecule has 0 saturated heterocycles. The number of carbonyl (C=O) groups is 2. The lowest BCUT2D eigenvalue weighted by molar-refractivity contribution is -0.119. The molecular weight excluding hydrogens is 389 g/mol. The maximum Gasteiger partial charge on any atom is 0.340 e. The van der Waals surface area contributed by atoms with Gasteiger partial charge < -0.3 is 14.8 Å². The number of hydrogen-bond donors (Lipinski definition) is 1. The normalized spacial score (nSPS) is 10.3. The van der Waals surface area contributed by atoms with Gasteiger partial charge in [-0.2, -0.15) is 0 Å². The van der Waals surface area contributed by atoms with E-state index >= 15 is 0 Å². The van der Waals surface area contributed by atoms with Gasteiger partial charge in [0.15, 0.2) is 6.61 Å². The number of carbonyl (C=O) groups excluding carboxylic acids is 2. The Morgan fingerprint density at radius 3 is 2.44 bits per heavy atom. The predicted molar refractivity (Wildman–Crippen MR) is 98.1 cm³/mol. The van der Waals surface area contributed by atoms with Crippen LogP contribution in [0.1, 0.15) is 15.9 Å². The van der Waals surface area contributed by atoms with Gasteiger partial charge in [0.1, 0.15) is 5.75 Å². The summed E-state index contributed by atoms with van der Waals surface area (Å²) in [5.74, 6) is -0.856. The maximum absolute atomic E-state index is 12.0. The van der Waals surface area contributed by atoms with Gasteiger partial charge in [0.25, 0.3) is 5.91 Å². The monoisotopic (exact) mass is 401 g/mol. The smallest absolute Gasteiger partial charge is 0.340 e. The van der Waals surface area contributed by atoms with E-state index in [2.05, 4.69) is 5.32 Å². The molecule has 0 aliphatic rings. The molecule has 2 rings (SSSR count). The quantitative estimate of drug-likeness (QED) is 0.732. The maximum atomic E-state index is 12.0. The Morgan fingerprint density at radius 2 is 1.80 bits per heavy atom. The molecule has 0 unspecified atom stereocenters. The minimum atomic E-state index is -0.726. The molecule has 0 spiro atoms. The van der Waals surface area contributed by atoms with Crippen LogP contribution in [-0.2, 0) is 9.53 Å².